The lowest BCUT2D eigenvalue weighted by atomic mass is 9.12. The van der Waals surface area contributed by atoms with E-state index in [1.54, 1.807) is 0 Å². The molecule has 1 saturated heterocycles. The first-order valence-corrected chi connectivity index (χ1v) is 12.6. The lowest BCUT2D eigenvalue weighted by Gasteiger charge is -2.47. The third-order valence-corrected chi connectivity index (χ3v) is 8.14. The molecule has 1 aliphatic carbocycles. The number of likely N-dealkylation sites (tertiary alicyclic amines) is 1. The molecule has 2 atom stereocenters. The average molecular weight is 563 g/mol. The van der Waals surface area contributed by atoms with Crippen molar-refractivity contribution in [3.8, 4) is 11.7 Å². The minimum Gasteiger partial charge on any atom is -0.335 e. The maximum Gasteiger partial charge on any atom is 0.200 e. The van der Waals surface area contributed by atoms with Gasteiger partial charge >= 0.3 is 0 Å². The van der Waals surface area contributed by atoms with E-state index in [-0.39, 0.29) is 12.0 Å². The smallest absolute Gasteiger partial charge is 0.200 e. The Bertz CT molecular complexity index is 1260. The first-order valence-electron chi connectivity index (χ1n) is 12.6. The first kappa shape index (κ1) is 29.1. The van der Waals surface area contributed by atoms with Crippen molar-refractivity contribution in [3.05, 3.63) is 70.3 Å². The van der Waals surface area contributed by atoms with Crippen LogP contribution >= 0.6 is 0 Å². The van der Waals surface area contributed by atoms with Gasteiger partial charge in [-0.3, -0.25) is 5.82 Å². The number of hydrogen-bond donors (Lipinski definition) is 1. The van der Waals surface area contributed by atoms with Crippen molar-refractivity contribution >= 4 is 17.1 Å². The van der Waals surface area contributed by atoms with Crippen molar-refractivity contribution in [3.63, 3.8) is 0 Å². The zero-order chi connectivity index (χ0) is 28.8. The summed E-state index contributed by atoms with van der Waals surface area (Å²) in [6.07, 6.45) is -1.26. The highest BCUT2D eigenvalue weighted by Crippen LogP contribution is 2.40. The third kappa shape index (κ3) is 4.62. The zero-order valence-electron chi connectivity index (χ0n) is 20.9. The van der Waals surface area contributed by atoms with Crippen molar-refractivity contribution in [1.29, 1.82) is 0 Å². The van der Waals surface area contributed by atoms with Gasteiger partial charge in [0.1, 0.15) is 29.4 Å². The SMILES string of the molecule is C=C(C)C#C[B-](c1c(F)c(F)c(F)c(F)c1F)(c1c(F)c(F)c(F)c(F)c1F)[C@H]1CCC[C@@H]1[NH+]1CCCCC1. The Morgan fingerprint density at radius 3 is 1.46 bits per heavy atom. The summed E-state index contributed by atoms with van der Waals surface area (Å²) in [4.78, 5) is 0.847. The molecule has 39 heavy (non-hydrogen) atoms. The number of halogens is 10. The van der Waals surface area contributed by atoms with Gasteiger partial charge in [-0.05, 0) is 38.2 Å². The maximum absolute atomic E-state index is 15.6. The van der Waals surface area contributed by atoms with Gasteiger partial charge in [0.25, 0.3) is 0 Å². The van der Waals surface area contributed by atoms with E-state index in [1.807, 2.05) is 0 Å². The van der Waals surface area contributed by atoms with Gasteiger partial charge in [-0.1, -0.05) is 25.2 Å². The molecule has 1 nitrogen and oxygen atoms in total. The van der Waals surface area contributed by atoms with Crippen LogP contribution in [0.1, 0.15) is 45.4 Å². The van der Waals surface area contributed by atoms with Crippen molar-refractivity contribution < 1.29 is 48.8 Å². The second-order valence-corrected chi connectivity index (χ2v) is 10.4. The van der Waals surface area contributed by atoms with Crippen LogP contribution in [-0.4, -0.2) is 25.3 Å². The highest BCUT2D eigenvalue weighted by atomic mass is 19.2. The summed E-state index contributed by atoms with van der Waals surface area (Å²) < 4.78 is 149. The molecule has 1 aliphatic heterocycles. The Kier molecular flexibility index (Phi) is 8.13. The monoisotopic (exact) mass is 563 g/mol. The number of benzene rings is 2. The highest BCUT2D eigenvalue weighted by molar-refractivity contribution is 7.09. The Morgan fingerprint density at radius 1 is 0.641 bits per heavy atom. The van der Waals surface area contributed by atoms with E-state index in [4.69, 9.17) is 0 Å². The van der Waals surface area contributed by atoms with Gasteiger partial charge in [-0.2, -0.15) is 0 Å². The van der Waals surface area contributed by atoms with Crippen molar-refractivity contribution in [1.82, 2.24) is 0 Å². The predicted molar refractivity (Wildman–Crippen MR) is 126 cm³/mol. The number of piperidine rings is 1. The maximum atomic E-state index is 15.6. The molecule has 210 valence electrons. The first-order chi connectivity index (χ1) is 18.4. The fraction of sp³-hybridized carbons (Fsp3) is 0.407. The van der Waals surface area contributed by atoms with Crippen LogP contribution in [0, 0.1) is 69.9 Å². The molecule has 2 fully saturated rings. The summed E-state index contributed by atoms with van der Waals surface area (Å²) in [5.74, 6) is -21.2. The van der Waals surface area contributed by atoms with Gasteiger partial charge in [0.05, 0.1) is 19.1 Å². The predicted octanol–water partition coefficient (Wildman–Crippen LogP) is 4.75. The molecule has 2 aromatic rings. The molecule has 1 N–H and O–H groups in total. The molecule has 0 spiro atoms. The lowest BCUT2D eigenvalue weighted by molar-refractivity contribution is -0.929. The topological polar surface area (TPSA) is 4.44 Å². The van der Waals surface area contributed by atoms with E-state index in [1.165, 1.54) is 6.92 Å². The second-order valence-electron chi connectivity index (χ2n) is 10.4. The van der Waals surface area contributed by atoms with Crippen LogP contribution in [0.25, 0.3) is 0 Å². The standard InChI is InChI=1S/C27H23BF10N/c1-13(2)9-10-28(16-18(29)22(33)26(37)23(34)19(16)30,17-20(31)24(35)27(38)25(36)21(17)32)14-7-6-8-15(14)39-11-4-3-5-12-39/h14-15H,1,3-8,11-12H2,2H3/q-1/p+1/t14-,15-/m0/s1. The molecule has 2 aliphatic rings. The van der Waals surface area contributed by atoms with Crippen LogP contribution in [0.4, 0.5) is 43.9 Å². The molecule has 1 heterocycles. The van der Waals surface area contributed by atoms with E-state index in [2.05, 4.69) is 18.3 Å². The normalized spacial score (nSPS) is 20.2. The fourth-order valence-corrected chi connectivity index (χ4v) is 6.57. The molecular formula is C27H24BF10N. The lowest BCUT2D eigenvalue weighted by Crippen LogP contribution is -3.17. The summed E-state index contributed by atoms with van der Waals surface area (Å²) >= 11 is 0. The summed E-state index contributed by atoms with van der Waals surface area (Å²) in [5, 5.41) is 0. The van der Waals surface area contributed by atoms with E-state index in [0.717, 1.165) is 24.2 Å². The van der Waals surface area contributed by atoms with Crippen LogP contribution in [0.2, 0.25) is 5.82 Å². The fourth-order valence-electron chi connectivity index (χ4n) is 6.57. The molecule has 12 heteroatoms. The number of hydrogen-bond acceptors (Lipinski definition) is 0. The van der Waals surface area contributed by atoms with Crippen molar-refractivity contribution in [2.45, 2.75) is 57.3 Å². The van der Waals surface area contributed by atoms with E-state index >= 15 is 17.6 Å². The zero-order valence-corrected chi connectivity index (χ0v) is 20.9. The van der Waals surface area contributed by atoms with Gasteiger partial charge in [-0.25, -0.2) is 43.9 Å². The summed E-state index contributed by atoms with van der Waals surface area (Å²) in [5.41, 5.74) is -3.43. The van der Waals surface area contributed by atoms with Crippen LogP contribution in [0.15, 0.2) is 12.2 Å². The summed E-state index contributed by atoms with van der Waals surface area (Å²) in [7, 11) is 0. The third-order valence-electron chi connectivity index (χ3n) is 8.14. The van der Waals surface area contributed by atoms with Gasteiger partial charge in [0.2, 0.25) is 0 Å². The number of rotatable bonds is 4. The quantitative estimate of drug-likeness (QED) is 0.180. The molecule has 0 aromatic heterocycles. The van der Waals surface area contributed by atoms with E-state index in [0.29, 0.717) is 25.9 Å². The molecule has 0 unspecified atom stereocenters. The van der Waals surface area contributed by atoms with Crippen LogP contribution in [-0.2, 0) is 0 Å². The van der Waals surface area contributed by atoms with Crippen molar-refractivity contribution in [2.24, 2.45) is 0 Å². The van der Waals surface area contributed by atoms with Crippen molar-refractivity contribution in [2.75, 3.05) is 13.1 Å². The summed E-state index contributed by atoms with van der Waals surface area (Å²) in [6.45, 7) is 5.88. The second kappa shape index (κ2) is 10.9. The Hall–Kier alpha value is -2.94. The highest BCUT2D eigenvalue weighted by Gasteiger charge is 2.52. The minimum atomic E-state index is -4.17. The van der Waals surface area contributed by atoms with E-state index in [9.17, 15) is 26.3 Å². The summed E-state index contributed by atoms with van der Waals surface area (Å²) in [6, 6.07) is -0.672. The number of allylic oxidation sites excluding steroid dienone is 1. The number of quaternary nitrogens is 1. The van der Waals surface area contributed by atoms with E-state index < -0.39 is 87.1 Å². The van der Waals surface area contributed by atoms with Crippen LogP contribution in [0.3, 0.4) is 0 Å². The van der Waals surface area contributed by atoms with Gasteiger partial charge in [0, 0.05) is 0 Å². The molecule has 1 saturated carbocycles. The van der Waals surface area contributed by atoms with Gasteiger partial charge in [-0.15, -0.1) is 16.8 Å². The van der Waals surface area contributed by atoms with Gasteiger partial charge < -0.3 is 4.90 Å². The molecule has 0 radical (unpaired) electrons. The Balaban J connectivity index is 2.23. The molecular weight excluding hydrogens is 539 g/mol. The van der Waals surface area contributed by atoms with Gasteiger partial charge in [0.15, 0.2) is 34.9 Å². The number of nitrogens with one attached hydrogen (secondary N) is 1. The van der Waals surface area contributed by atoms with Crippen LogP contribution < -0.4 is 15.8 Å². The Labute approximate surface area is 218 Å². The average Bonchev–Trinajstić information content (AvgIpc) is 3.42. The van der Waals surface area contributed by atoms with Crippen LogP contribution in [0.5, 0.6) is 0 Å². The minimum absolute atomic E-state index is 0.0335. The molecule has 0 amide bonds. The molecule has 4 rings (SSSR count). The Morgan fingerprint density at radius 2 is 1.05 bits per heavy atom. The molecule has 0 bridgehead atoms. The largest absolute Gasteiger partial charge is 0.335 e. The molecule has 2 aromatic carbocycles.